The van der Waals surface area contributed by atoms with Crippen molar-refractivity contribution in [2.45, 2.75) is 11.8 Å². The van der Waals surface area contributed by atoms with Gasteiger partial charge in [-0.25, -0.2) is 18.4 Å². The van der Waals surface area contributed by atoms with Crippen LogP contribution in [0.25, 0.3) is 10.9 Å². The van der Waals surface area contributed by atoms with E-state index in [4.69, 9.17) is 0 Å². The molecule has 0 amide bonds. The molecule has 0 spiro atoms. The van der Waals surface area contributed by atoms with Crippen LogP contribution in [0.15, 0.2) is 59.8 Å². The number of anilines is 2. The Morgan fingerprint density at radius 1 is 1.00 bits per heavy atom. The fourth-order valence-corrected chi connectivity index (χ4v) is 4.84. The Labute approximate surface area is 165 Å². The van der Waals surface area contributed by atoms with Gasteiger partial charge in [0.05, 0.1) is 10.4 Å². The second-order valence-corrected chi connectivity index (χ2v) is 8.67. The standard InChI is InChI=1S/C20H23N5O2S/c1-2-24-10-12-25(13-11-24)28(26,27)17-8-9-19-18(14-17)20(22-15-21-19)23-16-6-4-3-5-7-16/h3-9,14-15H,2,10-13H2,1H3,(H,21,22,23). The quantitative estimate of drug-likeness (QED) is 0.713. The minimum Gasteiger partial charge on any atom is -0.340 e. The molecule has 0 atom stereocenters. The molecule has 146 valence electrons. The van der Waals surface area contributed by atoms with Gasteiger partial charge in [-0.05, 0) is 36.9 Å². The lowest BCUT2D eigenvalue weighted by Gasteiger charge is -2.33. The number of benzene rings is 2. The molecule has 2 heterocycles. The van der Waals surface area contributed by atoms with Crippen LogP contribution in [0.5, 0.6) is 0 Å². The summed E-state index contributed by atoms with van der Waals surface area (Å²) in [5, 5.41) is 3.93. The van der Waals surface area contributed by atoms with Crippen LogP contribution in [0, 0.1) is 0 Å². The van der Waals surface area contributed by atoms with Gasteiger partial charge < -0.3 is 10.2 Å². The molecule has 1 saturated heterocycles. The van der Waals surface area contributed by atoms with Crippen molar-refractivity contribution in [2.75, 3.05) is 38.0 Å². The van der Waals surface area contributed by atoms with Crippen LogP contribution in [-0.4, -0.2) is 60.3 Å². The fourth-order valence-electron chi connectivity index (χ4n) is 3.39. The minimum absolute atomic E-state index is 0.274. The first-order chi connectivity index (χ1) is 13.6. The summed E-state index contributed by atoms with van der Waals surface area (Å²) in [7, 11) is -3.55. The zero-order valence-electron chi connectivity index (χ0n) is 15.7. The molecule has 0 bridgehead atoms. The van der Waals surface area contributed by atoms with Crippen LogP contribution < -0.4 is 5.32 Å². The SMILES string of the molecule is CCN1CCN(S(=O)(=O)c2ccc3ncnc(Nc4ccccc4)c3c2)CC1. The van der Waals surface area contributed by atoms with Gasteiger partial charge in [0.15, 0.2) is 0 Å². The molecule has 4 rings (SSSR count). The lowest BCUT2D eigenvalue weighted by Crippen LogP contribution is -2.48. The maximum absolute atomic E-state index is 13.1. The van der Waals surface area contributed by atoms with Crippen LogP contribution in [0.3, 0.4) is 0 Å². The Morgan fingerprint density at radius 2 is 1.75 bits per heavy atom. The molecule has 8 heteroatoms. The van der Waals surface area contributed by atoms with Crippen molar-refractivity contribution in [3.63, 3.8) is 0 Å². The molecule has 2 aromatic carbocycles. The van der Waals surface area contributed by atoms with Crippen LogP contribution in [-0.2, 0) is 10.0 Å². The van der Waals surface area contributed by atoms with E-state index >= 15 is 0 Å². The second kappa shape index (κ2) is 7.83. The van der Waals surface area contributed by atoms with Crippen molar-refractivity contribution in [2.24, 2.45) is 0 Å². The van der Waals surface area contributed by atoms with Crippen molar-refractivity contribution in [3.8, 4) is 0 Å². The number of hydrogen-bond donors (Lipinski definition) is 1. The Bertz CT molecular complexity index is 1060. The molecule has 1 aliphatic heterocycles. The largest absolute Gasteiger partial charge is 0.340 e. The van der Waals surface area contributed by atoms with Crippen molar-refractivity contribution >= 4 is 32.4 Å². The molecule has 1 aromatic heterocycles. The molecule has 1 fully saturated rings. The lowest BCUT2D eigenvalue weighted by molar-refractivity contribution is 0.196. The zero-order valence-corrected chi connectivity index (χ0v) is 16.6. The highest BCUT2D eigenvalue weighted by molar-refractivity contribution is 7.89. The van der Waals surface area contributed by atoms with E-state index in [-0.39, 0.29) is 4.90 Å². The van der Waals surface area contributed by atoms with Crippen molar-refractivity contribution in [1.82, 2.24) is 19.2 Å². The van der Waals surface area contributed by atoms with Crippen molar-refractivity contribution in [1.29, 1.82) is 0 Å². The maximum atomic E-state index is 13.1. The highest BCUT2D eigenvalue weighted by Crippen LogP contribution is 2.27. The highest BCUT2D eigenvalue weighted by Gasteiger charge is 2.28. The van der Waals surface area contributed by atoms with E-state index < -0.39 is 10.0 Å². The van der Waals surface area contributed by atoms with Gasteiger partial charge in [-0.15, -0.1) is 0 Å². The van der Waals surface area contributed by atoms with Gasteiger partial charge in [-0.3, -0.25) is 0 Å². The normalized spacial score (nSPS) is 16.3. The average molecular weight is 398 g/mol. The summed E-state index contributed by atoms with van der Waals surface area (Å²) < 4.78 is 27.8. The molecule has 7 nitrogen and oxygen atoms in total. The number of piperazine rings is 1. The van der Waals surface area contributed by atoms with E-state index in [2.05, 4.69) is 27.1 Å². The first kappa shape index (κ1) is 18.8. The molecule has 1 N–H and O–H groups in total. The van der Waals surface area contributed by atoms with Crippen LogP contribution in [0.2, 0.25) is 0 Å². The number of aromatic nitrogens is 2. The van der Waals surface area contributed by atoms with E-state index in [1.165, 1.54) is 6.33 Å². The summed E-state index contributed by atoms with van der Waals surface area (Å²) >= 11 is 0. The predicted octanol–water partition coefficient (Wildman–Crippen LogP) is 2.70. The summed E-state index contributed by atoms with van der Waals surface area (Å²) in [6.45, 7) is 5.56. The van der Waals surface area contributed by atoms with Gasteiger partial charge >= 0.3 is 0 Å². The van der Waals surface area contributed by atoms with Gasteiger partial charge in [0.1, 0.15) is 12.1 Å². The lowest BCUT2D eigenvalue weighted by atomic mass is 10.2. The monoisotopic (exact) mass is 397 g/mol. The van der Waals surface area contributed by atoms with E-state index in [9.17, 15) is 8.42 Å². The number of para-hydroxylation sites is 1. The van der Waals surface area contributed by atoms with Crippen LogP contribution in [0.1, 0.15) is 6.92 Å². The van der Waals surface area contributed by atoms with Crippen molar-refractivity contribution < 1.29 is 8.42 Å². The molecular weight excluding hydrogens is 374 g/mol. The van der Waals surface area contributed by atoms with Gasteiger partial charge in [-0.1, -0.05) is 25.1 Å². The van der Waals surface area contributed by atoms with E-state index in [0.29, 0.717) is 29.8 Å². The minimum atomic E-state index is -3.55. The smallest absolute Gasteiger partial charge is 0.243 e. The topological polar surface area (TPSA) is 78.4 Å². The molecule has 0 saturated carbocycles. The number of nitrogens with zero attached hydrogens (tertiary/aromatic N) is 4. The van der Waals surface area contributed by atoms with E-state index in [1.807, 2.05) is 30.3 Å². The Kier molecular flexibility index (Phi) is 5.25. The van der Waals surface area contributed by atoms with E-state index in [0.717, 1.165) is 25.3 Å². The summed E-state index contributed by atoms with van der Waals surface area (Å²) in [6.07, 6.45) is 1.48. The first-order valence-electron chi connectivity index (χ1n) is 9.37. The Morgan fingerprint density at radius 3 is 2.46 bits per heavy atom. The average Bonchev–Trinajstić information content (AvgIpc) is 2.74. The summed E-state index contributed by atoms with van der Waals surface area (Å²) in [4.78, 5) is 11.1. The molecule has 0 unspecified atom stereocenters. The fraction of sp³-hybridized carbons (Fsp3) is 0.300. The van der Waals surface area contributed by atoms with Crippen LogP contribution >= 0.6 is 0 Å². The summed E-state index contributed by atoms with van der Waals surface area (Å²) in [6, 6.07) is 14.7. The second-order valence-electron chi connectivity index (χ2n) is 6.73. The zero-order chi connectivity index (χ0) is 19.6. The third-order valence-corrected chi connectivity index (χ3v) is 6.95. The van der Waals surface area contributed by atoms with Gasteiger partial charge in [-0.2, -0.15) is 4.31 Å². The number of nitrogens with one attached hydrogen (secondary N) is 1. The van der Waals surface area contributed by atoms with Gasteiger partial charge in [0.2, 0.25) is 10.0 Å². The summed E-state index contributed by atoms with van der Waals surface area (Å²) in [5.74, 6) is 0.587. The Hall–Kier alpha value is -2.55. The number of hydrogen-bond acceptors (Lipinski definition) is 6. The number of fused-ring (bicyclic) bond motifs is 1. The highest BCUT2D eigenvalue weighted by atomic mass is 32.2. The maximum Gasteiger partial charge on any atom is 0.243 e. The number of likely N-dealkylation sites (N-methyl/N-ethyl adjacent to an activating group) is 1. The number of sulfonamides is 1. The van der Waals surface area contributed by atoms with Crippen LogP contribution in [0.4, 0.5) is 11.5 Å². The molecule has 3 aromatic rings. The number of rotatable bonds is 5. The Balaban J connectivity index is 1.68. The van der Waals surface area contributed by atoms with E-state index in [1.54, 1.807) is 22.5 Å². The van der Waals surface area contributed by atoms with Gasteiger partial charge in [0, 0.05) is 37.3 Å². The molecule has 28 heavy (non-hydrogen) atoms. The third kappa shape index (κ3) is 3.71. The molecule has 0 radical (unpaired) electrons. The molecule has 1 aliphatic rings. The van der Waals surface area contributed by atoms with Gasteiger partial charge in [0.25, 0.3) is 0 Å². The first-order valence-corrected chi connectivity index (χ1v) is 10.8. The third-order valence-electron chi connectivity index (χ3n) is 5.06. The predicted molar refractivity (Wildman–Crippen MR) is 110 cm³/mol. The summed E-state index contributed by atoms with van der Waals surface area (Å²) in [5.41, 5.74) is 1.58. The van der Waals surface area contributed by atoms with Crippen molar-refractivity contribution in [3.05, 3.63) is 54.9 Å². The molecule has 0 aliphatic carbocycles. The molecular formula is C20H23N5O2S.